The molecule has 0 fully saturated rings. The quantitative estimate of drug-likeness (QED) is 0.163. The Labute approximate surface area is 153 Å². The molecule has 0 radical (unpaired) electrons. The van der Waals surface area contributed by atoms with Crippen LogP contribution in [-0.4, -0.2) is 20.5 Å². The van der Waals surface area contributed by atoms with Gasteiger partial charge in [-0.25, -0.2) is 0 Å². The van der Waals surface area contributed by atoms with Gasteiger partial charge in [-0.3, -0.25) is 19.6 Å². The van der Waals surface area contributed by atoms with Gasteiger partial charge < -0.3 is 0 Å². The predicted molar refractivity (Wildman–Crippen MR) is 102 cm³/mol. The number of hydrogen-bond donors (Lipinski definition) is 0. The highest BCUT2D eigenvalue weighted by Crippen LogP contribution is 2.19. The van der Waals surface area contributed by atoms with Crippen LogP contribution in [0.25, 0.3) is 6.08 Å². The molecule has 2 aromatic rings. The highest BCUT2D eigenvalue weighted by Gasteiger charge is 2.23. The van der Waals surface area contributed by atoms with Gasteiger partial charge in [0.05, 0.1) is 4.92 Å². The van der Waals surface area contributed by atoms with Crippen LogP contribution in [0.3, 0.4) is 0 Å². The molecule has 0 saturated carbocycles. The Morgan fingerprint density at radius 1 is 1.23 bits per heavy atom. The van der Waals surface area contributed by atoms with E-state index in [9.17, 15) is 14.9 Å². The summed E-state index contributed by atoms with van der Waals surface area (Å²) in [5.74, 6) is -0.466. The first-order chi connectivity index (χ1) is 12.5. The topological polar surface area (TPSA) is 78.0 Å². The molecule has 0 saturated heterocycles. The summed E-state index contributed by atoms with van der Waals surface area (Å²) in [6.07, 6.45) is 10.5. The number of carbonyl (C=O) groups is 1. The molecule has 0 atom stereocenters. The normalized spacial score (nSPS) is 11.8. The van der Waals surface area contributed by atoms with Crippen molar-refractivity contribution in [3.63, 3.8) is 0 Å². The maximum Gasteiger partial charge on any atom is 0.318 e. The van der Waals surface area contributed by atoms with Crippen molar-refractivity contribution in [3.8, 4) is 0 Å². The van der Waals surface area contributed by atoms with Crippen LogP contribution in [0.5, 0.6) is 0 Å². The minimum absolute atomic E-state index is 0.138. The molecule has 0 unspecified atom stereocenters. The maximum atomic E-state index is 12.4. The fourth-order valence-electron chi connectivity index (χ4n) is 2.59. The summed E-state index contributed by atoms with van der Waals surface area (Å²) >= 11 is 0. The van der Waals surface area contributed by atoms with Crippen molar-refractivity contribution in [1.29, 1.82) is 0 Å². The SMILES string of the molecule is CCCCCC(=C/c1ccccc1)/C=C/C(=O)c1nn(C)cc1[N+](=O)[O-]. The molecule has 2 rings (SSSR count). The van der Waals surface area contributed by atoms with Gasteiger partial charge in [0.25, 0.3) is 0 Å². The number of aryl methyl sites for hydroxylation is 1. The summed E-state index contributed by atoms with van der Waals surface area (Å²) < 4.78 is 1.28. The zero-order valence-electron chi connectivity index (χ0n) is 15.1. The molecular formula is C20H23N3O3. The summed E-state index contributed by atoms with van der Waals surface area (Å²) in [5.41, 5.74) is 1.65. The van der Waals surface area contributed by atoms with E-state index in [0.717, 1.165) is 36.8 Å². The molecule has 6 heteroatoms. The van der Waals surface area contributed by atoms with Crippen LogP contribution in [0.15, 0.2) is 54.3 Å². The molecule has 0 spiro atoms. The van der Waals surface area contributed by atoms with Gasteiger partial charge in [0.2, 0.25) is 11.5 Å². The second kappa shape index (κ2) is 9.46. The molecular weight excluding hydrogens is 330 g/mol. The molecule has 0 aliphatic carbocycles. The third-order valence-electron chi connectivity index (χ3n) is 3.91. The van der Waals surface area contributed by atoms with Crippen LogP contribution in [0, 0.1) is 10.1 Å². The zero-order chi connectivity index (χ0) is 18.9. The molecule has 0 aliphatic rings. The molecule has 0 aliphatic heterocycles. The first-order valence-corrected chi connectivity index (χ1v) is 8.67. The fourth-order valence-corrected chi connectivity index (χ4v) is 2.59. The van der Waals surface area contributed by atoms with E-state index in [1.165, 1.54) is 17.0 Å². The van der Waals surface area contributed by atoms with Crippen molar-refractivity contribution < 1.29 is 9.72 Å². The smallest absolute Gasteiger partial charge is 0.287 e. The highest BCUT2D eigenvalue weighted by atomic mass is 16.6. The predicted octanol–water partition coefficient (Wildman–Crippen LogP) is 4.73. The fraction of sp³-hybridized carbons (Fsp3) is 0.300. The number of rotatable bonds is 9. The molecule has 6 nitrogen and oxygen atoms in total. The summed E-state index contributed by atoms with van der Waals surface area (Å²) in [4.78, 5) is 22.8. The van der Waals surface area contributed by atoms with Gasteiger partial charge in [0.1, 0.15) is 6.20 Å². The van der Waals surface area contributed by atoms with Crippen molar-refractivity contribution in [2.24, 2.45) is 7.05 Å². The number of hydrogen-bond acceptors (Lipinski definition) is 4. The molecule has 1 heterocycles. The van der Waals surface area contributed by atoms with Crippen molar-refractivity contribution >= 4 is 17.5 Å². The molecule has 136 valence electrons. The van der Waals surface area contributed by atoms with Crippen molar-refractivity contribution in [2.45, 2.75) is 32.6 Å². The Morgan fingerprint density at radius 3 is 2.62 bits per heavy atom. The lowest BCUT2D eigenvalue weighted by Crippen LogP contribution is -2.01. The number of carbonyl (C=O) groups excluding carboxylic acids is 1. The lowest BCUT2D eigenvalue weighted by Gasteiger charge is -2.03. The molecule has 0 bridgehead atoms. The maximum absolute atomic E-state index is 12.4. The number of nitrogens with zero attached hydrogens (tertiary/aromatic N) is 3. The monoisotopic (exact) mass is 353 g/mol. The summed E-state index contributed by atoms with van der Waals surface area (Å²) in [6.45, 7) is 2.14. The van der Waals surface area contributed by atoms with E-state index in [4.69, 9.17) is 0 Å². The van der Waals surface area contributed by atoms with Gasteiger partial charge in [-0.1, -0.05) is 62.2 Å². The number of ketones is 1. The van der Waals surface area contributed by atoms with Gasteiger partial charge in [0.15, 0.2) is 0 Å². The van der Waals surface area contributed by atoms with E-state index in [1.54, 1.807) is 13.1 Å². The number of nitro groups is 1. The van der Waals surface area contributed by atoms with E-state index in [0.29, 0.717) is 0 Å². The number of unbranched alkanes of at least 4 members (excludes halogenated alkanes) is 2. The average molecular weight is 353 g/mol. The van der Waals surface area contributed by atoms with Crippen LogP contribution in [0.1, 0.15) is 48.7 Å². The van der Waals surface area contributed by atoms with Crippen molar-refractivity contribution in [2.75, 3.05) is 0 Å². The second-order valence-corrected chi connectivity index (χ2v) is 6.08. The lowest BCUT2D eigenvalue weighted by atomic mass is 10.0. The minimum atomic E-state index is -0.587. The molecule has 26 heavy (non-hydrogen) atoms. The van der Waals surface area contributed by atoms with Crippen molar-refractivity contribution in [3.05, 3.63) is 75.6 Å². The largest absolute Gasteiger partial charge is 0.318 e. The van der Waals surface area contributed by atoms with E-state index in [1.807, 2.05) is 36.4 Å². The highest BCUT2D eigenvalue weighted by molar-refractivity contribution is 6.06. The lowest BCUT2D eigenvalue weighted by molar-refractivity contribution is -0.385. The Bertz CT molecular complexity index is 820. The van der Waals surface area contributed by atoms with Crippen LogP contribution in [-0.2, 0) is 7.05 Å². The van der Waals surface area contributed by atoms with E-state index in [-0.39, 0.29) is 11.4 Å². The Morgan fingerprint density at radius 2 is 1.96 bits per heavy atom. The Kier molecular flexibility index (Phi) is 7.02. The molecule has 1 aromatic heterocycles. The third kappa shape index (κ3) is 5.51. The minimum Gasteiger partial charge on any atom is -0.287 e. The van der Waals surface area contributed by atoms with Gasteiger partial charge in [-0.15, -0.1) is 0 Å². The Hall–Kier alpha value is -3.02. The van der Waals surface area contributed by atoms with Crippen LogP contribution in [0.2, 0.25) is 0 Å². The summed E-state index contributed by atoms with van der Waals surface area (Å²) in [5, 5.41) is 15.0. The van der Waals surface area contributed by atoms with Crippen LogP contribution >= 0.6 is 0 Å². The average Bonchev–Trinajstić information content (AvgIpc) is 3.02. The molecule has 0 N–H and O–H groups in total. The zero-order valence-corrected chi connectivity index (χ0v) is 15.1. The van der Waals surface area contributed by atoms with Gasteiger partial charge in [-0.2, -0.15) is 5.10 Å². The molecule has 1 aromatic carbocycles. The van der Waals surface area contributed by atoms with E-state index in [2.05, 4.69) is 12.0 Å². The third-order valence-corrected chi connectivity index (χ3v) is 3.91. The van der Waals surface area contributed by atoms with Gasteiger partial charge in [-0.05, 0) is 30.1 Å². The van der Waals surface area contributed by atoms with Crippen molar-refractivity contribution in [1.82, 2.24) is 9.78 Å². The number of allylic oxidation sites excluding steroid dienone is 3. The number of benzene rings is 1. The van der Waals surface area contributed by atoms with Gasteiger partial charge >= 0.3 is 5.69 Å². The first kappa shape index (κ1) is 19.3. The summed E-state index contributed by atoms with van der Waals surface area (Å²) in [6, 6.07) is 9.87. The standard InChI is InChI=1S/C20H23N3O3/c1-3-4-6-9-17(14-16-10-7-5-8-11-16)12-13-19(24)20-18(23(25)26)15-22(2)21-20/h5,7-8,10-15H,3-4,6,9H2,1-2H3/b13-12+,17-14-. The van der Waals surface area contributed by atoms with Gasteiger partial charge in [0, 0.05) is 7.05 Å². The Balaban J connectivity index is 2.22. The van der Waals surface area contributed by atoms with Crippen LogP contribution < -0.4 is 0 Å². The second-order valence-electron chi connectivity index (χ2n) is 6.08. The summed E-state index contributed by atoms with van der Waals surface area (Å²) in [7, 11) is 1.55. The van der Waals surface area contributed by atoms with E-state index >= 15 is 0 Å². The van der Waals surface area contributed by atoms with E-state index < -0.39 is 10.7 Å². The first-order valence-electron chi connectivity index (χ1n) is 8.67. The number of aromatic nitrogens is 2. The van der Waals surface area contributed by atoms with Crippen LogP contribution in [0.4, 0.5) is 5.69 Å². The molecule has 0 amide bonds.